The summed E-state index contributed by atoms with van der Waals surface area (Å²) >= 11 is 0. The van der Waals surface area contributed by atoms with E-state index in [-0.39, 0.29) is 6.10 Å². The monoisotopic (exact) mass is 311 g/mol. The van der Waals surface area contributed by atoms with Crippen LogP contribution < -0.4 is 10.1 Å². The van der Waals surface area contributed by atoms with Gasteiger partial charge >= 0.3 is 0 Å². The molecular formula is C20H25NO2. The molecule has 122 valence electrons. The van der Waals surface area contributed by atoms with Crippen LogP contribution in [0.3, 0.4) is 0 Å². The molecule has 23 heavy (non-hydrogen) atoms. The summed E-state index contributed by atoms with van der Waals surface area (Å²) in [4.78, 5) is 0. The lowest BCUT2D eigenvalue weighted by molar-refractivity contribution is 0.0676. The summed E-state index contributed by atoms with van der Waals surface area (Å²) < 4.78 is 11.6. The predicted molar refractivity (Wildman–Crippen MR) is 92.6 cm³/mol. The van der Waals surface area contributed by atoms with E-state index in [1.807, 2.05) is 12.1 Å². The molecule has 1 heterocycles. The number of ether oxygens (including phenoxy) is 2. The van der Waals surface area contributed by atoms with Crippen LogP contribution in [0.1, 0.15) is 29.5 Å². The third-order valence-corrected chi connectivity index (χ3v) is 4.31. The highest BCUT2D eigenvalue weighted by Crippen LogP contribution is 2.20. The van der Waals surface area contributed by atoms with E-state index in [0.29, 0.717) is 6.61 Å². The molecule has 0 amide bonds. The first-order valence-corrected chi connectivity index (χ1v) is 8.40. The Balaban J connectivity index is 1.54. The standard InChI is InChI=1S/C20H25NO2/c1-16-7-2-3-8-17(16)13-21-14-18-9-4-5-11-20(18)23-15-19-10-6-12-22-19/h2-5,7-9,11,19,21H,6,10,12-15H2,1H3. The van der Waals surface area contributed by atoms with Gasteiger partial charge in [0, 0.05) is 25.3 Å². The van der Waals surface area contributed by atoms with Crippen molar-refractivity contribution in [2.45, 2.75) is 39.0 Å². The molecule has 0 aliphatic carbocycles. The van der Waals surface area contributed by atoms with Gasteiger partial charge in [-0.05, 0) is 37.0 Å². The van der Waals surface area contributed by atoms with Crippen molar-refractivity contribution in [1.29, 1.82) is 0 Å². The average Bonchev–Trinajstić information content (AvgIpc) is 3.09. The lowest BCUT2D eigenvalue weighted by atomic mass is 10.1. The van der Waals surface area contributed by atoms with Gasteiger partial charge in [0.15, 0.2) is 0 Å². The molecule has 0 aromatic heterocycles. The van der Waals surface area contributed by atoms with Crippen LogP contribution in [-0.4, -0.2) is 19.3 Å². The van der Waals surface area contributed by atoms with E-state index >= 15 is 0 Å². The Morgan fingerprint density at radius 3 is 2.57 bits per heavy atom. The first kappa shape index (κ1) is 16.0. The Bertz CT molecular complexity index is 621. The van der Waals surface area contributed by atoms with E-state index < -0.39 is 0 Å². The molecule has 1 fully saturated rings. The van der Waals surface area contributed by atoms with Crippen LogP contribution in [0, 0.1) is 6.92 Å². The van der Waals surface area contributed by atoms with Gasteiger partial charge in [-0.15, -0.1) is 0 Å². The molecule has 1 N–H and O–H groups in total. The summed E-state index contributed by atoms with van der Waals surface area (Å²) in [7, 11) is 0. The van der Waals surface area contributed by atoms with E-state index in [1.165, 1.54) is 16.7 Å². The third-order valence-electron chi connectivity index (χ3n) is 4.31. The Morgan fingerprint density at radius 2 is 1.78 bits per heavy atom. The van der Waals surface area contributed by atoms with Crippen molar-refractivity contribution in [1.82, 2.24) is 5.32 Å². The minimum absolute atomic E-state index is 0.253. The summed E-state index contributed by atoms with van der Waals surface area (Å²) in [5.41, 5.74) is 3.85. The van der Waals surface area contributed by atoms with Crippen LogP contribution in [0.2, 0.25) is 0 Å². The molecule has 1 aliphatic rings. The molecule has 1 unspecified atom stereocenters. The van der Waals surface area contributed by atoms with Crippen LogP contribution in [0.5, 0.6) is 5.75 Å². The maximum atomic E-state index is 5.98. The van der Waals surface area contributed by atoms with E-state index in [4.69, 9.17) is 9.47 Å². The van der Waals surface area contributed by atoms with Crippen LogP contribution in [0.4, 0.5) is 0 Å². The van der Waals surface area contributed by atoms with Gasteiger partial charge in [0.2, 0.25) is 0 Å². The summed E-state index contributed by atoms with van der Waals surface area (Å²) in [6.07, 6.45) is 2.50. The highest BCUT2D eigenvalue weighted by Gasteiger charge is 2.16. The van der Waals surface area contributed by atoms with Gasteiger partial charge in [-0.3, -0.25) is 0 Å². The van der Waals surface area contributed by atoms with E-state index in [0.717, 1.165) is 38.3 Å². The van der Waals surface area contributed by atoms with Crippen molar-refractivity contribution in [3.05, 3.63) is 65.2 Å². The molecule has 1 aliphatic heterocycles. The SMILES string of the molecule is Cc1ccccc1CNCc1ccccc1OCC1CCCO1. The minimum Gasteiger partial charge on any atom is -0.491 e. The molecule has 3 nitrogen and oxygen atoms in total. The number of para-hydroxylation sites is 1. The quantitative estimate of drug-likeness (QED) is 0.842. The number of rotatable bonds is 7. The van der Waals surface area contributed by atoms with Gasteiger partial charge in [0.05, 0.1) is 6.10 Å². The van der Waals surface area contributed by atoms with Gasteiger partial charge in [-0.25, -0.2) is 0 Å². The van der Waals surface area contributed by atoms with Crippen LogP contribution >= 0.6 is 0 Å². The van der Waals surface area contributed by atoms with E-state index in [9.17, 15) is 0 Å². The molecule has 1 saturated heterocycles. The highest BCUT2D eigenvalue weighted by molar-refractivity contribution is 5.33. The molecule has 3 heteroatoms. The number of nitrogens with one attached hydrogen (secondary N) is 1. The first-order chi connectivity index (χ1) is 11.3. The number of hydrogen-bond donors (Lipinski definition) is 1. The second-order valence-corrected chi connectivity index (χ2v) is 6.08. The maximum Gasteiger partial charge on any atom is 0.123 e. The molecule has 2 aromatic rings. The van der Waals surface area contributed by atoms with Crippen molar-refractivity contribution in [2.24, 2.45) is 0 Å². The van der Waals surface area contributed by atoms with Crippen molar-refractivity contribution in [3.8, 4) is 5.75 Å². The van der Waals surface area contributed by atoms with Gasteiger partial charge < -0.3 is 14.8 Å². The highest BCUT2D eigenvalue weighted by atomic mass is 16.5. The fourth-order valence-electron chi connectivity index (χ4n) is 2.89. The summed E-state index contributed by atoms with van der Waals surface area (Å²) in [6, 6.07) is 16.7. The molecular weight excluding hydrogens is 286 g/mol. The zero-order valence-corrected chi connectivity index (χ0v) is 13.8. The molecule has 0 saturated carbocycles. The predicted octanol–water partition coefficient (Wildman–Crippen LogP) is 3.84. The molecule has 1 atom stereocenters. The van der Waals surface area contributed by atoms with Gasteiger partial charge in [-0.2, -0.15) is 0 Å². The second-order valence-electron chi connectivity index (χ2n) is 6.08. The summed E-state index contributed by atoms with van der Waals surface area (Å²) in [6.45, 7) is 5.33. The first-order valence-electron chi connectivity index (χ1n) is 8.40. The molecule has 2 aromatic carbocycles. The molecule has 3 rings (SSSR count). The van der Waals surface area contributed by atoms with Crippen LogP contribution in [0.25, 0.3) is 0 Å². The minimum atomic E-state index is 0.253. The molecule has 0 radical (unpaired) electrons. The Kier molecular flexibility index (Phi) is 5.67. The normalized spacial score (nSPS) is 17.3. The van der Waals surface area contributed by atoms with Gasteiger partial charge in [-0.1, -0.05) is 42.5 Å². The second kappa shape index (κ2) is 8.14. The van der Waals surface area contributed by atoms with Crippen LogP contribution in [-0.2, 0) is 17.8 Å². The number of hydrogen-bond acceptors (Lipinski definition) is 3. The summed E-state index contributed by atoms with van der Waals surface area (Å²) in [5.74, 6) is 0.959. The van der Waals surface area contributed by atoms with E-state index in [1.54, 1.807) is 0 Å². The van der Waals surface area contributed by atoms with Crippen molar-refractivity contribution < 1.29 is 9.47 Å². The zero-order valence-electron chi connectivity index (χ0n) is 13.8. The van der Waals surface area contributed by atoms with E-state index in [2.05, 4.69) is 48.6 Å². The fraction of sp³-hybridized carbons (Fsp3) is 0.400. The van der Waals surface area contributed by atoms with Crippen molar-refractivity contribution >= 4 is 0 Å². The smallest absolute Gasteiger partial charge is 0.123 e. The van der Waals surface area contributed by atoms with Gasteiger partial charge in [0.1, 0.15) is 12.4 Å². The zero-order chi connectivity index (χ0) is 15.9. The average molecular weight is 311 g/mol. The molecule has 0 spiro atoms. The third kappa shape index (κ3) is 4.57. The fourth-order valence-corrected chi connectivity index (χ4v) is 2.89. The Hall–Kier alpha value is -1.84. The maximum absolute atomic E-state index is 5.98. The molecule has 0 bridgehead atoms. The lowest BCUT2D eigenvalue weighted by Gasteiger charge is -2.15. The summed E-state index contributed by atoms with van der Waals surface area (Å²) in [5, 5.41) is 3.52. The van der Waals surface area contributed by atoms with Crippen molar-refractivity contribution in [2.75, 3.05) is 13.2 Å². The topological polar surface area (TPSA) is 30.5 Å². The number of aryl methyl sites for hydroxylation is 1. The Morgan fingerprint density at radius 1 is 1.04 bits per heavy atom. The Labute approximate surface area is 138 Å². The number of benzene rings is 2. The van der Waals surface area contributed by atoms with Crippen LogP contribution in [0.15, 0.2) is 48.5 Å². The largest absolute Gasteiger partial charge is 0.491 e. The van der Waals surface area contributed by atoms with Crippen molar-refractivity contribution in [3.63, 3.8) is 0 Å². The van der Waals surface area contributed by atoms with Gasteiger partial charge in [0.25, 0.3) is 0 Å². The lowest BCUT2D eigenvalue weighted by Crippen LogP contribution is -2.18.